The Hall–Kier alpha value is -3.48. The number of carbonyl (C=O) groups excluding carboxylic acids is 3. The molecule has 2 N–H and O–H groups in total. The van der Waals surface area contributed by atoms with Crippen LogP contribution in [0, 0.1) is 5.82 Å². The Labute approximate surface area is 154 Å². The lowest BCUT2D eigenvalue weighted by Crippen LogP contribution is -2.12. The molecule has 0 unspecified atom stereocenters. The maximum Gasteiger partial charge on any atom is 0.341 e. The summed E-state index contributed by atoms with van der Waals surface area (Å²) < 4.78 is 19.9. The van der Waals surface area contributed by atoms with Crippen molar-refractivity contribution in [1.29, 1.82) is 0 Å². The summed E-state index contributed by atoms with van der Waals surface area (Å²) in [6.45, 7) is 2.96. The zero-order valence-corrected chi connectivity index (χ0v) is 14.8. The Bertz CT molecular complexity index is 1040. The molecule has 0 atom stereocenters. The van der Waals surface area contributed by atoms with Gasteiger partial charge in [0.25, 0.3) is 0 Å². The number of amides is 1. The maximum atomic E-state index is 15.0. The first-order valence-electron chi connectivity index (χ1n) is 8.32. The van der Waals surface area contributed by atoms with Gasteiger partial charge in [-0.3, -0.25) is 9.59 Å². The van der Waals surface area contributed by atoms with Crippen molar-refractivity contribution in [2.45, 2.75) is 13.8 Å². The van der Waals surface area contributed by atoms with Gasteiger partial charge in [0.2, 0.25) is 11.7 Å². The number of halogens is 1. The first kappa shape index (κ1) is 18.3. The minimum Gasteiger partial charge on any atom is -0.462 e. The molecule has 0 bridgehead atoms. The third-order valence-electron chi connectivity index (χ3n) is 3.96. The van der Waals surface area contributed by atoms with Gasteiger partial charge in [0.05, 0.1) is 28.8 Å². The van der Waals surface area contributed by atoms with Crippen molar-refractivity contribution >= 4 is 34.3 Å². The number of hydrogen-bond donors (Lipinski definition) is 2. The molecule has 3 rings (SSSR count). The fourth-order valence-electron chi connectivity index (χ4n) is 2.82. The number of carbonyl (C=O) groups is 3. The summed E-state index contributed by atoms with van der Waals surface area (Å²) >= 11 is 0. The molecule has 1 heterocycles. The van der Waals surface area contributed by atoms with E-state index in [9.17, 15) is 14.4 Å². The molecular formula is C20H17FN2O4. The van der Waals surface area contributed by atoms with E-state index in [0.29, 0.717) is 5.56 Å². The first-order chi connectivity index (χ1) is 12.9. The van der Waals surface area contributed by atoms with E-state index in [1.165, 1.54) is 19.1 Å². The summed E-state index contributed by atoms with van der Waals surface area (Å²) in [4.78, 5) is 39.3. The number of rotatable bonds is 5. The van der Waals surface area contributed by atoms with Crippen LogP contribution in [0.2, 0.25) is 0 Å². The third-order valence-corrected chi connectivity index (χ3v) is 3.96. The van der Waals surface area contributed by atoms with E-state index in [0.717, 1.165) is 0 Å². The molecule has 138 valence electrons. The van der Waals surface area contributed by atoms with Gasteiger partial charge < -0.3 is 15.0 Å². The number of nitrogens with one attached hydrogen (secondary N) is 2. The van der Waals surface area contributed by atoms with Crippen LogP contribution in [-0.4, -0.2) is 29.3 Å². The highest BCUT2D eigenvalue weighted by molar-refractivity contribution is 6.19. The Morgan fingerprint density at radius 1 is 1.11 bits per heavy atom. The minimum absolute atomic E-state index is 0.00463. The van der Waals surface area contributed by atoms with E-state index < -0.39 is 23.5 Å². The summed E-state index contributed by atoms with van der Waals surface area (Å²) in [6.07, 6.45) is 0. The molecular weight excluding hydrogens is 351 g/mol. The molecule has 0 radical (unpaired) electrons. The number of ether oxygens (including phenoxy) is 1. The zero-order valence-electron chi connectivity index (χ0n) is 14.8. The van der Waals surface area contributed by atoms with Crippen LogP contribution in [0.3, 0.4) is 0 Å². The lowest BCUT2D eigenvalue weighted by molar-refractivity contribution is -0.114. The number of esters is 1. The van der Waals surface area contributed by atoms with Gasteiger partial charge in [-0.2, -0.15) is 0 Å². The van der Waals surface area contributed by atoms with E-state index in [1.807, 2.05) is 0 Å². The van der Waals surface area contributed by atoms with Gasteiger partial charge in [-0.05, 0) is 19.1 Å². The molecule has 1 aromatic heterocycles. The molecule has 0 saturated heterocycles. The van der Waals surface area contributed by atoms with Crippen molar-refractivity contribution in [2.75, 3.05) is 11.9 Å². The maximum absolute atomic E-state index is 15.0. The van der Waals surface area contributed by atoms with E-state index >= 15 is 4.39 Å². The number of benzene rings is 2. The molecule has 0 aliphatic carbocycles. The highest BCUT2D eigenvalue weighted by Crippen LogP contribution is 2.33. The molecule has 6 nitrogen and oxygen atoms in total. The van der Waals surface area contributed by atoms with Gasteiger partial charge in [-0.15, -0.1) is 0 Å². The minimum atomic E-state index is -0.863. The normalized spacial score (nSPS) is 10.6. The summed E-state index contributed by atoms with van der Waals surface area (Å²) in [7, 11) is 0. The summed E-state index contributed by atoms with van der Waals surface area (Å²) in [5.74, 6) is -2.56. The fourth-order valence-corrected chi connectivity index (χ4v) is 2.82. The number of ketones is 1. The van der Waals surface area contributed by atoms with Crippen molar-refractivity contribution in [3.05, 3.63) is 65.1 Å². The molecule has 1 amide bonds. The van der Waals surface area contributed by atoms with Crippen molar-refractivity contribution in [2.24, 2.45) is 0 Å². The van der Waals surface area contributed by atoms with Crippen LogP contribution in [-0.2, 0) is 9.53 Å². The van der Waals surface area contributed by atoms with E-state index in [2.05, 4.69) is 10.3 Å². The predicted molar refractivity (Wildman–Crippen MR) is 98.4 cm³/mol. The smallest absolute Gasteiger partial charge is 0.341 e. The summed E-state index contributed by atoms with van der Waals surface area (Å²) in [6, 6.07) is 11.2. The lowest BCUT2D eigenvalue weighted by atomic mass is 10.1. The molecule has 2 aromatic carbocycles. The van der Waals surface area contributed by atoms with Crippen LogP contribution in [0.15, 0.2) is 42.5 Å². The summed E-state index contributed by atoms with van der Waals surface area (Å²) in [5, 5.41) is 2.46. The Morgan fingerprint density at radius 3 is 2.44 bits per heavy atom. The Kier molecular flexibility index (Phi) is 5.03. The van der Waals surface area contributed by atoms with Crippen LogP contribution < -0.4 is 5.32 Å². The van der Waals surface area contributed by atoms with Crippen molar-refractivity contribution < 1.29 is 23.5 Å². The number of H-pyrrole nitrogens is 1. The average Bonchev–Trinajstić information content (AvgIpc) is 3.01. The molecule has 0 saturated carbocycles. The molecule has 0 aliphatic rings. The summed E-state index contributed by atoms with van der Waals surface area (Å²) in [5.41, 5.74) is 0.417. The Balaban J connectivity index is 2.23. The zero-order chi connectivity index (χ0) is 19.6. The van der Waals surface area contributed by atoms with Crippen molar-refractivity contribution in [3.8, 4) is 0 Å². The highest BCUT2D eigenvalue weighted by atomic mass is 19.1. The van der Waals surface area contributed by atoms with E-state index in [1.54, 1.807) is 37.3 Å². The van der Waals surface area contributed by atoms with Gasteiger partial charge in [-0.25, -0.2) is 9.18 Å². The predicted octanol–water partition coefficient (Wildman–Crippen LogP) is 3.67. The number of hydrogen-bond acceptors (Lipinski definition) is 4. The second-order valence-corrected chi connectivity index (χ2v) is 5.82. The van der Waals surface area contributed by atoms with Gasteiger partial charge in [0.1, 0.15) is 11.5 Å². The van der Waals surface area contributed by atoms with Gasteiger partial charge in [0, 0.05) is 12.5 Å². The molecule has 3 aromatic rings. The van der Waals surface area contributed by atoms with Crippen LogP contribution in [0.1, 0.15) is 40.3 Å². The topological polar surface area (TPSA) is 88.3 Å². The van der Waals surface area contributed by atoms with Gasteiger partial charge in [0.15, 0.2) is 0 Å². The van der Waals surface area contributed by atoms with E-state index in [-0.39, 0.29) is 34.5 Å². The monoisotopic (exact) mass is 368 g/mol. The fraction of sp³-hybridized carbons (Fsp3) is 0.150. The van der Waals surface area contributed by atoms with Crippen LogP contribution >= 0.6 is 0 Å². The number of anilines is 1. The average molecular weight is 368 g/mol. The van der Waals surface area contributed by atoms with Crippen LogP contribution in [0.5, 0.6) is 0 Å². The number of aromatic amines is 1. The van der Waals surface area contributed by atoms with Crippen molar-refractivity contribution in [3.63, 3.8) is 0 Å². The number of aromatic nitrogens is 1. The first-order valence-corrected chi connectivity index (χ1v) is 8.32. The Morgan fingerprint density at radius 2 is 1.81 bits per heavy atom. The quantitative estimate of drug-likeness (QED) is 0.531. The van der Waals surface area contributed by atoms with E-state index in [4.69, 9.17) is 4.74 Å². The lowest BCUT2D eigenvalue weighted by Gasteiger charge is -2.07. The highest BCUT2D eigenvalue weighted by Gasteiger charge is 2.25. The third kappa shape index (κ3) is 3.44. The molecule has 0 aliphatic heterocycles. The molecule has 0 spiro atoms. The molecule has 27 heavy (non-hydrogen) atoms. The SMILES string of the molecule is CCOC(=O)c1ccc2[nH]c(C(=O)c3ccccc3)c(NC(C)=O)c2c1F. The molecule has 7 heteroatoms. The second kappa shape index (κ2) is 7.41. The van der Waals surface area contributed by atoms with Gasteiger partial charge >= 0.3 is 5.97 Å². The van der Waals surface area contributed by atoms with Gasteiger partial charge in [-0.1, -0.05) is 30.3 Å². The number of fused-ring (bicyclic) bond motifs is 1. The van der Waals surface area contributed by atoms with Crippen LogP contribution in [0.25, 0.3) is 10.9 Å². The van der Waals surface area contributed by atoms with Crippen LogP contribution in [0.4, 0.5) is 10.1 Å². The largest absolute Gasteiger partial charge is 0.462 e. The van der Waals surface area contributed by atoms with Crippen molar-refractivity contribution in [1.82, 2.24) is 4.98 Å². The standard InChI is InChI=1S/C20H17FN2O4/c1-3-27-20(26)13-9-10-14-15(16(13)21)17(22-11(2)24)18(23-14)19(25)12-7-5-4-6-8-12/h4-10,23H,3H2,1-2H3,(H,22,24). The second-order valence-electron chi connectivity index (χ2n) is 5.82. The molecule has 0 fully saturated rings.